The zero-order valence-electron chi connectivity index (χ0n) is 12.0. The van der Waals surface area contributed by atoms with Gasteiger partial charge in [0.1, 0.15) is 0 Å². The molecule has 0 saturated heterocycles. The van der Waals surface area contributed by atoms with Gasteiger partial charge in [-0.1, -0.05) is 6.07 Å². The van der Waals surface area contributed by atoms with Crippen LogP contribution in [0.3, 0.4) is 0 Å². The lowest BCUT2D eigenvalue weighted by Crippen LogP contribution is -2.37. The minimum Gasteiger partial charge on any atom is -0.494 e. The highest BCUT2D eigenvalue weighted by Crippen LogP contribution is 2.21. The SMILES string of the molecule is COc1ccc(C(C)NC(=O)NCCCC(=O)O)cc1F. The first kappa shape index (κ1) is 16.7. The molecule has 3 N–H and O–H groups in total. The second-order valence-corrected chi connectivity index (χ2v) is 4.51. The summed E-state index contributed by atoms with van der Waals surface area (Å²) >= 11 is 0. The van der Waals surface area contributed by atoms with E-state index in [2.05, 4.69) is 10.6 Å². The van der Waals surface area contributed by atoms with Gasteiger partial charge in [-0.05, 0) is 31.0 Å². The quantitative estimate of drug-likeness (QED) is 0.672. The lowest BCUT2D eigenvalue weighted by molar-refractivity contribution is -0.137. The highest BCUT2D eigenvalue weighted by Gasteiger charge is 2.12. The maximum Gasteiger partial charge on any atom is 0.315 e. The van der Waals surface area contributed by atoms with Crippen molar-refractivity contribution in [3.63, 3.8) is 0 Å². The molecule has 0 aliphatic heterocycles. The zero-order chi connectivity index (χ0) is 15.8. The molecule has 116 valence electrons. The second kappa shape index (κ2) is 8.08. The Morgan fingerprint density at radius 2 is 2.14 bits per heavy atom. The van der Waals surface area contributed by atoms with Gasteiger partial charge in [-0.3, -0.25) is 4.79 Å². The molecule has 1 aromatic carbocycles. The molecule has 6 nitrogen and oxygen atoms in total. The number of amides is 2. The Balaban J connectivity index is 2.45. The number of rotatable bonds is 7. The van der Waals surface area contributed by atoms with Gasteiger partial charge in [-0.2, -0.15) is 0 Å². The molecule has 0 aromatic heterocycles. The van der Waals surface area contributed by atoms with Crippen molar-refractivity contribution in [2.45, 2.75) is 25.8 Å². The number of hydrogen-bond donors (Lipinski definition) is 3. The van der Waals surface area contributed by atoms with Crippen LogP contribution in [-0.2, 0) is 4.79 Å². The number of carboxylic acids is 1. The van der Waals surface area contributed by atoms with Crippen LogP contribution in [0, 0.1) is 5.82 Å². The summed E-state index contributed by atoms with van der Waals surface area (Å²) in [7, 11) is 1.38. The number of halogens is 1. The number of carbonyl (C=O) groups is 2. The molecule has 0 bridgehead atoms. The van der Waals surface area contributed by atoms with Gasteiger partial charge in [-0.25, -0.2) is 9.18 Å². The molecule has 0 aliphatic carbocycles. The number of hydrogen-bond acceptors (Lipinski definition) is 3. The van der Waals surface area contributed by atoms with E-state index in [9.17, 15) is 14.0 Å². The van der Waals surface area contributed by atoms with Gasteiger partial charge < -0.3 is 20.5 Å². The fourth-order valence-electron chi connectivity index (χ4n) is 1.72. The number of urea groups is 1. The largest absolute Gasteiger partial charge is 0.494 e. The third-order valence-corrected chi connectivity index (χ3v) is 2.88. The van der Waals surface area contributed by atoms with Gasteiger partial charge in [0.25, 0.3) is 0 Å². The summed E-state index contributed by atoms with van der Waals surface area (Å²) in [5, 5.41) is 13.7. The number of aliphatic carboxylic acids is 1. The first-order chi connectivity index (χ1) is 9.93. The molecule has 1 aromatic rings. The van der Waals surface area contributed by atoms with Crippen LogP contribution in [0.15, 0.2) is 18.2 Å². The van der Waals surface area contributed by atoms with E-state index in [0.717, 1.165) is 0 Å². The normalized spacial score (nSPS) is 11.6. The molecule has 0 fully saturated rings. The first-order valence-electron chi connectivity index (χ1n) is 6.53. The van der Waals surface area contributed by atoms with E-state index in [1.807, 2.05) is 0 Å². The fourth-order valence-corrected chi connectivity index (χ4v) is 1.72. The summed E-state index contributed by atoms with van der Waals surface area (Å²) in [5.41, 5.74) is 0.606. The van der Waals surface area contributed by atoms with Crippen LogP contribution in [0.4, 0.5) is 9.18 Å². The standard InChI is InChI=1S/C14H19FN2O4/c1-9(10-5-6-12(21-2)11(15)8-10)17-14(20)16-7-3-4-13(18)19/h5-6,8-9H,3-4,7H2,1-2H3,(H,18,19)(H2,16,17,20). The van der Waals surface area contributed by atoms with Crippen molar-refractivity contribution < 1.29 is 23.8 Å². The van der Waals surface area contributed by atoms with Gasteiger partial charge in [0.15, 0.2) is 11.6 Å². The third kappa shape index (κ3) is 5.68. The topological polar surface area (TPSA) is 87.7 Å². The van der Waals surface area contributed by atoms with Crippen LogP contribution in [0.1, 0.15) is 31.4 Å². The lowest BCUT2D eigenvalue weighted by Gasteiger charge is -2.15. The molecule has 21 heavy (non-hydrogen) atoms. The van der Waals surface area contributed by atoms with E-state index >= 15 is 0 Å². The second-order valence-electron chi connectivity index (χ2n) is 4.51. The van der Waals surface area contributed by atoms with Crippen LogP contribution in [0.25, 0.3) is 0 Å². The van der Waals surface area contributed by atoms with E-state index in [1.54, 1.807) is 13.0 Å². The average molecular weight is 298 g/mol. The Morgan fingerprint density at radius 1 is 1.43 bits per heavy atom. The van der Waals surface area contributed by atoms with Gasteiger partial charge in [-0.15, -0.1) is 0 Å². The number of nitrogens with one attached hydrogen (secondary N) is 2. The van der Waals surface area contributed by atoms with E-state index in [4.69, 9.17) is 9.84 Å². The lowest BCUT2D eigenvalue weighted by atomic mass is 10.1. The number of benzene rings is 1. The Hall–Kier alpha value is -2.31. The molecule has 2 amide bonds. The van der Waals surface area contributed by atoms with E-state index in [1.165, 1.54) is 19.2 Å². The van der Waals surface area contributed by atoms with Crippen LogP contribution in [-0.4, -0.2) is 30.8 Å². The van der Waals surface area contributed by atoms with Crippen molar-refractivity contribution in [3.05, 3.63) is 29.6 Å². The Labute approximate surface area is 122 Å². The maximum atomic E-state index is 13.6. The first-order valence-corrected chi connectivity index (χ1v) is 6.53. The third-order valence-electron chi connectivity index (χ3n) is 2.88. The summed E-state index contributed by atoms with van der Waals surface area (Å²) in [5.74, 6) is -1.26. The predicted molar refractivity (Wildman–Crippen MR) is 74.8 cm³/mol. The molecule has 0 aliphatic rings. The summed E-state index contributed by atoms with van der Waals surface area (Å²) in [6, 6.07) is 3.65. The highest BCUT2D eigenvalue weighted by atomic mass is 19.1. The number of carbonyl (C=O) groups excluding carboxylic acids is 1. The predicted octanol–water partition coefficient (Wildman–Crippen LogP) is 2.06. The summed E-state index contributed by atoms with van der Waals surface area (Å²) in [6.45, 7) is 1.99. The van der Waals surface area contributed by atoms with Crippen molar-refractivity contribution >= 4 is 12.0 Å². The van der Waals surface area contributed by atoms with Crippen molar-refractivity contribution in [2.24, 2.45) is 0 Å². The minimum absolute atomic E-state index is 0.000472. The zero-order valence-corrected chi connectivity index (χ0v) is 12.0. The van der Waals surface area contributed by atoms with E-state index in [0.29, 0.717) is 12.0 Å². The van der Waals surface area contributed by atoms with Crippen LogP contribution in [0.2, 0.25) is 0 Å². The number of carboxylic acid groups (broad SMARTS) is 1. The van der Waals surface area contributed by atoms with Crippen molar-refractivity contribution in [2.75, 3.05) is 13.7 Å². The molecule has 7 heteroatoms. The van der Waals surface area contributed by atoms with Crippen molar-refractivity contribution in [1.82, 2.24) is 10.6 Å². The maximum absolute atomic E-state index is 13.6. The molecule has 1 atom stereocenters. The van der Waals surface area contributed by atoms with Crippen molar-refractivity contribution in [1.29, 1.82) is 0 Å². The number of ether oxygens (including phenoxy) is 1. The van der Waals surface area contributed by atoms with Gasteiger partial charge in [0.2, 0.25) is 0 Å². The van der Waals surface area contributed by atoms with E-state index in [-0.39, 0.29) is 24.8 Å². The van der Waals surface area contributed by atoms with Crippen molar-refractivity contribution in [3.8, 4) is 5.75 Å². The van der Waals surface area contributed by atoms with E-state index < -0.39 is 17.8 Å². The molecule has 0 radical (unpaired) electrons. The molecule has 1 rings (SSSR count). The smallest absolute Gasteiger partial charge is 0.315 e. The molecule has 1 unspecified atom stereocenters. The summed E-state index contributed by atoms with van der Waals surface area (Å²) in [4.78, 5) is 21.9. The van der Waals surface area contributed by atoms with Gasteiger partial charge in [0.05, 0.1) is 13.2 Å². The number of methoxy groups -OCH3 is 1. The van der Waals surface area contributed by atoms with Crippen LogP contribution >= 0.6 is 0 Å². The molecule has 0 saturated carbocycles. The molecular formula is C14H19FN2O4. The summed E-state index contributed by atoms with van der Waals surface area (Å²) in [6.07, 6.45) is 0.355. The monoisotopic (exact) mass is 298 g/mol. The highest BCUT2D eigenvalue weighted by molar-refractivity contribution is 5.74. The average Bonchev–Trinajstić information content (AvgIpc) is 2.43. The Morgan fingerprint density at radius 3 is 2.71 bits per heavy atom. The molecule has 0 spiro atoms. The Kier molecular flexibility index (Phi) is 6.45. The molecular weight excluding hydrogens is 279 g/mol. The van der Waals surface area contributed by atoms with Gasteiger partial charge >= 0.3 is 12.0 Å². The Bertz CT molecular complexity index is 508. The summed E-state index contributed by atoms with van der Waals surface area (Å²) < 4.78 is 18.4. The van der Waals surface area contributed by atoms with Crippen LogP contribution in [0.5, 0.6) is 5.75 Å². The fraction of sp³-hybridized carbons (Fsp3) is 0.429. The molecule has 0 heterocycles. The van der Waals surface area contributed by atoms with Crippen LogP contribution < -0.4 is 15.4 Å². The van der Waals surface area contributed by atoms with Gasteiger partial charge in [0, 0.05) is 13.0 Å². The minimum atomic E-state index is -0.903.